The van der Waals surface area contributed by atoms with E-state index in [1.54, 1.807) is 13.0 Å². The van der Waals surface area contributed by atoms with Crippen molar-refractivity contribution in [3.8, 4) is 11.1 Å². The fourth-order valence-electron chi connectivity index (χ4n) is 3.37. The molecule has 1 aliphatic carbocycles. The second kappa shape index (κ2) is 7.19. The van der Waals surface area contributed by atoms with Gasteiger partial charge in [-0.05, 0) is 53.2 Å². The summed E-state index contributed by atoms with van der Waals surface area (Å²) in [6, 6.07) is 14.1. The van der Waals surface area contributed by atoms with Gasteiger partial charge in [0.15, 0.2) is 0 Å². The van der Waals surface area contributed by atoms with Crippen molar-refractivity contribution in [2.45, 2.75) is 41.5 Å². The topological polar surface area (TPSA) is 55.7 Å². The van der Waals surface area contributed by atoms with Gasteiger partial charge in [0.25, 0.3) is 0 Å². The number of nitrogens with zero attached hydrogens (tertiary/aromatic N) is 1. The van der Waals surface area contributed by atoms with Crippen LogP contribution in [-0.4, -0.2) is 17.5 Å². The third-order valence-electron chi connectivity index (χ3n) is 5.18. The Hall–Kier alpha value is -3.01. The molecule has 0 radical (unpaired) electrons. The number of rotatable bonds is 3. The van der Waals surface area contributed by atoms with Gasteiger partial charge in [-0.2, -0.15) is 0 Å². The fraction of sp³-hybridized carbons (Fsp3) is 0.292. The summed E-state index contributed by atoms with van der Waals surface area (Å²) in [5, 5.41) is 3.63. The molecule has 4 heteroatoms. The summed E-state index contributed by atoms with van der Waals surface area (Å²) < 4.78 is 0. The number of hydrogen-bond acceptors (Lipinski definition) is 4. The summed E-state index contributed by atoms with van der Waals surface area (Å²) in [4.78, 5) is 28.3. The maximum Gasteiger partial charge on any atom is 0.331 e. The van der Waals surface area contributed by atoms with Gasteiger partial charge < -0.3 is 4.84 Å². The number of carbonyl (C=O) groups is 2. The second-order valence-corrected chi connectivity index (χ2v) is 8.14. The highest BCUT2D eigenvalue weighted by Crippen LogP contribution is 2.48. The summed E-state index contributed by atoms with van der Waals surface area (Å²) in [6.07, 6.45) is 0. The van der Waals surface area contributed by atoms with Crippen LogP contribution in [0.2, 0.25) is 0 Å². The molecule has 0 bridgehead atoms. The average Bonchev–Trinajstić information content (AvgIpc) is 2.97. The zero-order valence-electron chi connectivity index (χ0n) is 17.2. The minimum absolute atomic E-state index is 0.00320. The van der Waals surface area contributed by atoms with Gasteiger partial charge in [0.2, 0.25) is 5.78 Å². The molecule has 0 saturated heterocycles. The Morgan fingerprint density at radius 2 is 1.46 bits per heavy atom. The minimum Gasteiger partial charge on any atom is -0.318 e. The molecule has 144 valence electrons. The van der Waals surface area contributed by atoms with Crippen LogP contribution in [-0.2, 0) is 9.63 Å². The minimum atomic E-state index is -0.553. The van der Waals surface area contributed by atoms with Crippen molar-refractivity contribution in [2.75, 3.05) is 0 Å². The average molecular weight is 375 g/mol. The lowest BCUT2D eigenvalue weighted by molar-refractivity contribution is -0.140. The lowest BCUT2D eigenvalue weighted by Gasteiger charge is -2.23. The molecule has 0 unspecified atom stereocenters. The summed E-state index contributed by atoms with van der Waals surface area (Å²) in [7, 11) is 0. The highest BCUT2D eigenvalue weighted by atomic mass is 16.7. The Morgan fingerprint density at radius 1 is 0.857 bits per heavy atom. The molecule has 3 rings (SSSR count). The fourth-order valence-corrected chi connectivity index (χ4v) is 3.37. The van der Waals surface area contributed by atoms with Crippen molar-refractivity contribution in [3.63, 3.8) is 0 Å². The van der Waals surface area contributed by atoms with Crippen molar-refractivity contribution >= 4 is 23.0 Å². The van der Waals surface area contributed by atoms with Crippen LogP contribution < -0.4 is 0 Å². The van der Waals surface area contributed by atoms with Crippen LogP contribution in [0.3, 0.4) is 0 Å². The van der Waals surface area contributed by atoms with Crippen LogP contribution in [0.15, 0.2) is 53.2 Å². The quantitative estimate of drug-likeness (QED) is 0.257. The maximum absolute atomic E-state index is 12.8. The molecule has 0 amide bonds. The monoisotopic (exact) mass is 375 g/mol. The van der Waals surface area contributed by atoms with Crippen molar-refractivity contribution in [1.82, 2.24) is 0 Å². The van der Waals surface area contributed by atoms with Crippen LogP contribution in [0.1, 0.15) is 63.0 Å². The van der Waals surface area contributed by atoms with Gasteiger partial charge >= 0.3 is 5.97 Å². The normalized spacial score (nSPS) is 15.0. The standard InChI is InChI=1S/C24H25NO3/c1-14(24(4,5)6)22-20-10-8-7-9-18(20)19-12-11-17(13-21(19)22)23(27)15(2)25-28-16(3)26/h7-13H,1-6H3/b22-14-,25-15-. The first-order valence-electron chi connectivity index (χ1n) is 9.33. The van der Waals surface area contributed by atoms with E-state index in [1.165, 1.54) is 29.2 Å². The number of benzene rings is 2. The van der Waals surface area contributed by atoms with Crippen molar-refractivity contribution in [1.29, 1.82) is 0 Å². The molecule has 4 nitrogen and oxygen atoms in total. The van der Waals surface area contributed by atoms with Gasteiger partial charge in [0.05, 0.1) is 0 Å². The molecule has 0 N–H and O–H groups in total. The summed E-state index contributed by atoms with van der Waals surface area (Å²) in [5.74, 6) is -0.810. The lowest BCUT2D eigenvalue weighted by atomic mass is 9.81. The van der Waals surface area contributed by atoms with E-state index in [2.05, 4.69) is 49.8 Å². The largest absolute Gasteiger partial charge is 0.331 e. The number of Topliss-reactive ketones (excluding diaryl/α,β-unsaturated/α-hetero) is 1. The molecule has 0 spiro atoms. The van der Waals surface area contributed by atoms with E-state index in [9.17, 15) is 9.59 Å². The molecule has 0 atom stereocenters. The molecule has 0 aromatic heterocycles. The molecule has 2 aromatic carbocycles. The Bertz CT molecular complexity index is 1040. The first-order valence-corrected chi connectivity index (χ1v) is 9.33. The van der Waals surface area contributed by atoms with Gasteiger partial charge in [-0.25, -0.2) is 4.79 Å². The third-order valence-corrected chi connectivity index (χ3v) is 5.18. The number of oxime groups is 1. The van der Waals surface area contributed by atoms with E-state index >= 15 is 0 Å². The number of fused-ring (bicyclic) bond motifs is 3. The molecule has 28 heavy (non-hydrogen) atoms. The molecule has 0 aliphatic heterocycles. The summed E-state index contributed by atoms with van der Waals surface area (Å²) in [6.45, 7) is 11.5. The Morgan fingerprint density at radius 3 is 2.07 bits per heavy atom. The Balaban J connectivity index is 2.16. The first-order chi connectivity index (χ1) is 13.1. The van der Waals surface area contributed by atoms with E-state index in [0.29, 0.717) is 5.56 Å². The number of hydrogen-bond donors (Lipinski definition) is 0. The third kappa shape index (κ3) is 3.55. The van der Waals surface area contributed by atoms with Crippen molar-refractivity contribution < 1.29 is 14.4 Å². The van der Waals surface area contributed by atoms with Gasteiger partial charge in [-0.15, -0.1) is 0 Å². The maximum atomic E-state index is 12.8. The number of carbonyl (C=O) groups excluding carboxylic acids is 2. The molecule has 1 aliphatic rings. The van der Waals surface area contributed by atoms with Crippen LogP contribution in [0.25, 0.3) is 16.7 Å². The zero-order valence-corrected chi connectivity index (χ0v) is 17.2. The Labute approximate surface area is 165 Å². The van der Waals surface area contributed by atoms with Crippen molar-refractivity contribution in [3.05, 3.63) is 64.7 Å². The highest BCUT2D eigenvalue weighted by molar-refractivity contribution is 6.45. The molecular weight excluding hydrogens is 350 g/mol. The second-order valence-electron chi connectivity index (χ2n) is 8.14. The molecule has 0 fully saturated rings. The van der Waals surface area contributed by atoms with E-state index in [1.807, 2.05) is 24.3 Å². The molecular formula is C24H25NO3. The van der Waals surface area contributed by atoms with Gasteiger partial charge in [-0.1, -0.05) is 67.9 Å². The van der Waals surface area contributed by atoms with E-state index in [0.717, 1.165) is 11.1 Å². The lowest BCUT2D eigenvalue weighted by Crippen LogP contribution is -2.12. The van der Waals surface area contributed by atoms with E-state index in [-0.39, 0.29) is 16.9 Å². The highest BCUT2D eigenvalue weighted by Gasteiger charge is 2.29. The number of allylic oxidation sites excluding steroid dienone is 1. The van der Waals surface area contributed by atoms with Gasteiger partial charge in [-0.3, -0.25) is 4.79 Å². The van der Waals surface area contributed by atoms with Gasteiger partial charge in [0, 0.05) is 12.5 Å². The summed E-state index contributed by atoms with van der Waals surface area (Å²) in [5.41, 5.74) is 7.68. The van der Waals surface area contributed by atoms with Crippen LogP contribution in [0.4, 0.5) is 0 Å². The Kier molecular flexibility index (Phi) is 5.07. The predicted octanol–water partition coefficient (Wildman–Crippen LogP) is 5.66. The molecule has 0 saturated carbocycles. The zero-order chi connectivity index (χ0) is 20.6. The first kappa shape index (κ1) is 19.7. The van der Waals surface area contributed by atoms with Crippen LogP contribution in [0.5, 0.6) is 0 Å². The number of ketones is 1. The van der Waals surface area contributed by atoms with E-state index < -0.39 is 5.97 Å². The smallest absolute Gasteiger partial charge is 0.318 e. The molecule has 0 heterocycles. The van der Waals surface area contributed by atoms with Gasteiger partial charge in [0.1, 0.15) is 5.71 Å². The summed E-state index contributed by atoms with van der Waals surface area (Å²) >= 11 is 0. The predicted molar refractivity (Wildman–Crippen MR) is 112 cm³/mol. The van der Waals surface area contributed by atoms with Crippen molar-refractivity contribution in [2.24, 2.45) is 10.6 Å². The van der Waals surface area contributed by atoms with E-state index in [4.69, 9.17) is 0 Å². The SMILES string of the molecule is CC(=O)O/N=C(/C)C(=O)c1ccc2c(c1)/C(=C(/C)C(C)(C)C)c1ccccc1-2. The van der Waals surface area contributed by atoms with Crippen LogP contribution >= 0.6 is 0 Å². The molecule has 2 aromatic rings. The van der Waals surface area contributed by atoms with Crippen LogP contribution in [0, 0.1) is 5.41 Å².